The molecular formula is C24H42N4O2. The van der Waals surface area contributed by atoms with Gasteiger partial charge in [-0.3, -0.25) is 4.99 Å². The molecule has 1 aliphatic heterocycles. The van der Waals surface area contributed by atoms with Gasteiger partial charge in [0.15, 0.2) is 17.5 Å². The summed E-state index contributed by atoms with van der Waals surface area (Å²) in [6.07, 6.45) is 1.24. The summed E-state index contributed by atoms with van der Waals surface area (Å²) in [4.78, 5) is 10.0. The molecule has 2 rings (SSSR count). The van der Waals surface area contributed by atoms with Crippen molar-refractivity contribution in [1.29, 1.82) is 0 Å². The SMILES string of the molecule is CCNC(=NCC(C)(C)c1ccc(OC)c(OC)c1)N1CCC(CN(CC)CC)C1. The van der Waals surface area contributed by atoms with Crippen LogP contribution in [0.5, 0.6) is 11.5 Å². The summed E-state index contributed by atoms with van der Waals surface area (Å²) in [6, 6.07) is 6.15. The van der Waals surface area contributed by atoms with Gasteiger partial charge < -0.3 is 24.6 Å². The molecule has 1 N–H and O–H groups in total. The van der Waals surface area contributed by atoms with Gasteiger partial charge in [0.1, 0.15) is 0 Å². The normalized spacial score (nSPS) is 17.5. The second-order valence-electron chi connectivity index (χ2n) is 8.71. The molecule has 1 fully saturated rings. The molecule has 1 unspecified atom stereocenters. The van der Waals surface area contributed by atoms with E-state index >= 15 is 0 Å². The van der Waals surface area contributed by atoms with E-state index in [4.69, 9.17) is 14.5 Å². The van der Waals surface area contributed by atoms with Crippen LogP contribution in [-0.2, 0) is 5.41 Å². The van der Waals surface area contributed by atoms with Crippen molar-refractivity contribution in [2.24, 2.45) is 10.9 Å². The third-order valence-corrected chi connectivity index (χ3v) is 6.12. The minimum atomic E-state index is -0.111. The Hall–Kier alpha value is -1.95. The van der Waals surface area contributed by atoms with E-state index in [1.807, 2.05) is 6.07 Å². The van der Waals surface area contributed by atoms with Crippen molar-refractivity contribution >= 4 is 5.96 Å². The summed E-state index contributed by atoms with van der Waals surface area (Å²) in [5.74, 6) is 3.27. The van der Waals surface area contributed by atoms with Crippen molar-refractivity contribution in [3.05, 3.63) is 23.8 Å². The second kappa shape index (κ2) is 11.4. The Morgan fingerprint density at radius 1 is 1.17 bits per heavy atom. The van der Waals surface area contributed by atoms with E-state index in [0.717, 1.165) is 50.2 Å². The van der Waals surface area contributed by atoms with Crippen molar-refractivity contribution in [3.63, 3.8) is 0 Å². The van der Waals surface area contributed by atoms with Gasteiger partial charge in [0.25, 0.3) is 0 Å². The molecule has 0 spiro atoms. The van der Waals surface area contributed by atoms with Gasteiger partial charge in [-0.1, -0.05) is 33.8 Å². The van der Waals surface area contributed by atoms with Crippen LogP contribution in [0, 0.1) is 5.92 Å². The minimum absolute atomic E-state index is 0.111. The monoisotopic (exact) mass is 418 g/mol. The average molecular weight is 419 g/mol. The van der Waals surface area contributed by atoms with Crippen LogP contribution in [0.15, 0.2) is 23.2 Å². The lowest BCUT2D eigenvalue weighted by molar-refractivity contribution is 0.255. The van der Waals surface area contributed by atoms with Gasteiger partial charge in [0.2, 0.25) is 0 Å². The number of likely N-dealkylation sites (tertiary alicyclic amines) is 1. The fourth-order valence-electron chi connectivity index (χ4n) is 4.07. The summed E-state index contributed by atoms with van der Waals surface area (Å²) in [7, 11) is 3.34. The topological polar surface area (TPSA) is 49.3 Å². The van der Waals surface area contributed by atoms with E-state index in [1.54, 1.807) is 14.2 Å². The van der Waals surface area contributed by atoms with Crippen LogP contribution in [0.4, 0.5) is 0 Å². The minimum Gasteiger partial charge on any atom is -0.493 e. The third kappa shape index (κ3) is 6.27. The Kier molecular flexibility index (Phi) is 9.28. The van der Waals surface area contributed by atoms with Crippen molar-refractivity contribution in [2.45, 2.75) is 46.5 Å². The number of rotatable bonds is 10. The van der Waals surface area contributed by atoms with Crippen LogP contribution in [0.3, 0.4) is 0 Å². The maximum atomic E-state index is 5.49. The second-order valence-corrected chi connectivity index (χ2v) is 8.71. The van der Waals surface area contributed by atoms with Gasteiger partial charge in [-0.25, -0.2) is 0 Å². The highest BCUT2D eigenvalue weighted by Crippen LogP contribution is 2.33. The number of benzene rings is 1. The molecule has 1 aromatic rings. The van der Waals surface area contributed by atoms with Crippen molar-refractivity contribution in [2.75, 3.05) is 60.0 Å². The number of methoxy groups -OCH3 is 2. The highest BCUT2D eigenvalue weighted by atomic mass is 16.5. The third-order valence-electron chi connectivity index (χ3n) is 6.12. The van der Waals surface area contributed by atoms with Gasteiger partial charge in [0.05, 0.1) is 20.8 Å². The smallest absolute Gasteiger partial charge is 0.193 e. The molecule has 0 saturated carbocycles. The van der Waals surface area contributed by atoms with Crippen LogP contribution in [-0.4, -0.2) is 75.8 Å². The first-order valence-corrected chi connectivity index (χ1v) is 11.4. The van der Waals surface area contributed by atoms with Crippen LogP contribution < -0.4 is 14.8 Å². The lowest BCUT2D eigenvalue weighted by Crippen LogP contribution is -2.41. The molecule has 0 amide bonds. The Labute approximate surface area is 183 Å². The molecule has 1 saturated heterocycles. The molecule has 1 heterocycles. The first kappa shape index (κ1) is 24.3. The Bertz CT molecular complexity index is 686. The van der Waals surface area contributed by atoms with E-state index in [2.05, 4.69) is 61.9 Å². The average Bonchev–Trinajstić information content (AvgIpc) is 3.22. The number of aliphatic imine (C=N–C) groups is 1. The van der Waals surface area contributed by atoms with E-state index in [0.29, 0.717) is 12.5 Å². The van der Waals surface area contributed by atoms with Crippen LogP contribution in [0.25, 0.3) is 0 Å². The summed E-state index contributed by atoms with van der Waals surface area (Å²) < 4.78 is 10.9. The standard InChI is InChI=1S/C24H42N4O2/c1-8-25-23(28-14-13-19(17-28)16-27(9-2)10-3)26-18-24(4,5)20-11-12-21(29-6)22(15-20)30-7/h11-12,15,19H,8-10,13-14,16-18H2,1-7H3,(H,25,26). The number of ether oxygens (including phenoxy) is 2. The fraction of sp³-hybridized carbons (Fsp3) is 0.708. The Morgan fingerprint density at radius 3 is 2.47 bits per heavy atom. The van der Waals surface area contributed by atoms with Gasteiger partial charge in [0, 0.05) is 31.6 Å². The molecule has 1 aromatic carbocycles. The van der Waals surface area contributed by atoms with Crippen LogP contribution >= 0.6 is 0 Å². The highest BCUT2D eigenvalue weighted by Gasteiger charge is 2.27. The molecule has 6 nitrogen and oxygen atoms in total. The summed E-state index contributed by atoms with van der Waals surface area (Å²) in [5, 5.41) is 3.51. The van der Waals surface area contributed by atoms with Gasteiger partial charge in [-0.15, -0.1) is 0 Å². The molecule has 0 aromatic heterocycles. The van der Waals surface area contributed by atoms with E-state index in [1.165, 1.54) is 18.5 Å². The zero-order valence-corrected chi connectivity index (χ0v) is 20.1. The van der Waals surface area contributed by atoms with E-state index in [9.17, 15) is 0 Å². The molecule has 0 bridgehead atoms. The quantitative estimate of drug-likeness (QED) is 0.465. The summed E-state index contributed by atoms with van der Waals surface area (Å²) >= 11 is 0. The summed E-state index contributed by atoms with van der Waals surface area (Å²) in [5.41, 5.74) is 1.08. The highest BCUT2D eigenvalue weighted by molar-refractivity contribution is 5.80. The Morgan fingerprint density at radius 2 is 1.87 bits per heavy atom. The molecule has 0 radical (unpaired) electrons. The van der Waals surface area contributed by atoms with Crippen LogP contribution in [0.1, 0.15) is 46.6 Å². The van der Waals surface area contributed by atoms with Crippen molar-refractivity contribution in [3.8, 4) is 11.5 Å². The van der Waals surface area contributed by atoms with Crippen molar-refractivity contribution in [1.82, 2.24) is 15.1 Å². The summed E-state index contributed by atoms with van der Waals surface area (Å²) in [6.45, 7) is 18.3. The number of hydrogen-bond acceptors (Lipinski definition) is 4. The zero-order chi connectivity index (χ0) is 22.1. The largest absolute Gasteiger partial charge is 0.493 e. The lowest BCUT2D eigenvalue weighted by Gasteiger charge is -2.27. The molecular weight excluding hydrogens is 376 g/mol. The lowest BCUT2D eigenvalue weighted by atomic mass is 9.84. The number of hydrogen-bond donors (Lipinski definition) is 1. The number of guanidine groups is 1. The molecule has 1 aliphatic rings. The maximum absolute atomic E-state index is 5.49. The number of nitrogens with zero attached hydrogens (tertiary/aromatic N) is 3. The van der Waals surface area contributed by atoms with Gasteiger partial charge in [-0.2, -0.15) is 0 Å². The van der Waals surface area contributed by atoms with Gasteiger partial charge >= 0.3 is 0 Å². The molecule has 0 aliphatic carbocycles. The first-order valence-electron chi connectivity index (χ1n) is 11.4. The predicted octanol–water partition coefficient (Wildman–Crippen LogP) is 3.61. The zero-order valence-electron chi connectivity index (χ0n) is 20.1. The molecule has 30 heavy (non-hydrogen) atoms. The van der Waals surface area contributed by atoms with Crippen LogP contribution in [0.2, 0.25) is 0 Å². The van der Waals surface area contributed by atoms with Gasteiger partial charge in [-0.05, 0) is 50.0 Å². The fourth-order valence-corrected chi connectivity index (χ4v) is 4.07. The van der Waals surface area contributed by atoms with E-state index < -0.39 is 0 Å². The number of nitrogens with one attached hydrogen (secondary N) is 1. The maximum Gasteiger partial charge on any atom is 0.193 e. The Balaban J connectivity index is 2.10. The predicted molar refractivity (Wildman–Crippen MR) is 126 cm³/mol. The molecule has 1 atom stereocenters. The molecule has 6 heteroatoms. The van der Waals surface area contributed by atoms with E-state index in [-0.39, 0.29) is 5.41 Å². The first-order chi connectivity index (χ1) is 14.4. The van der Waals surface area contributed by atoms with Crippen molar-refractivity contribution < 1.29 is 9.47 Å². The molecule has 170 valence electrons.